The van der Waals surface area contributed by atoms with Crippen LogP contribution in [0, 0.1) is 6.92 Å². The van der Waals surface area contributed by atoms with Gasteiger partial charge in [-0.25, -0.2) is 5.01 Å². The molecule has 1 amide bonds. The highest BCUT2D eigenvalue weighted by Gasteiger charge is 2.35. The van der Waals surface area contributed by atoms with Gasteiger partial charge >= 0.3 is 6.18 Å². The summed E-state index contributed by atoms with van der Waals surface area (Å²) in [6.07, 6.45) is 3.67. The first kappa shape index (κ1) is 28.9. The molecule has 1 saturated heterocycles. The van der Waals surface area contributed by atoms with Crippen molar-refractivity contribution in [3.8, 4) is 0 Å². The maximum Gasteiger partial charge on any atom is 0.416 e. The van der Waals surface area contributed by atoms with Gasteiger partial charge in [-0.05, 0) is 51.1 Å². The Kier molecular flexibility index (Phi) is 7.97. The fourth-order valence-electron chi connectivity index (χ4n) is 5.60. The SMILES string of the molecule is Cc1ncc(NC(=O)c2cc(C(F)(F)F)ccn2)cc1N1CC(c2cncc(NC3CC(N4CCN(C)CC4)C3)c2)N=N1. The van der Waals surface area contributed by atoms with Crippen LogP contribution in [0.2, 0.25) is 0 Å². The lowest BCUT2D eigenvalue weighted by molar-refractivity contribution is -0.137. The van der Waals surface area contributed by atoms with Crippen molar-refractivity contribution in [2.24, 2.45) is 10.3 Å². The molecule has 3 aromatic heterocycles. The monoisotopic (exact) mass is 594 g/mol. The largest absolute Gasteiger partial charge is 0.416 e. The third kappa shape index (κ3) is 6.59. The Morgan fingerprint density at radius 1 is 1.00 bits per heavy atom. The molecule has 5 heterocycles. The summed E-state index contributed by atoms with van der Waals surface area (Å²) < 4.78 is 39.2. The van der Waals surface area contributed by atoms with Crippen LogP contribution in [0.15, 0.2) is 59.4 Å². The minimum atomic E-state index is -4.58. The predicted molar refractivity (Wildman–Crippen MR) is 155 cm³/mol. The molecule has 0 bridgehead atoms. The number of carbonyl (C=O) groups is 1. The van der Waals surface area contributed by atoms with E-state index in [-0.39, 0.29) is 11.7 Å². The highest BCUT2D eigenvalue weighted by molar-refractivity contribution is 6.03. The summed E-state index contributed by atoms with van der Waals surface area (Å²) in [5.74, 6) is -0.777. The highest BCUT2D eigenvalue weighted by atomic mass is 19.4. The normalized spacial score (nSPS) is 22.8. The van der Waals surface area contributed by atoms with Crippen LogP contribution in [0.1, 0.15) is 46.2 Å². The summed E-state index contributed by atoms with van der Waals surface area (Å²) in [6, 6.07) is 6.06. The molecule has 0 radical (unpaired) electrons. The number of aryl methyl sites for hydroxylation is 1. The molecule has 3 aromatic rings. The topological polar surface area (TPSA) is 114 Å². The number of nitrogens with one attached hydrogen (secondary N) is 2. The maximum atomic E-state index is 13.1. The number of aromatic nitrogens is 3. The van der Waals surface area contributed by atoms with Crippen molar-refractivity contribution in [2.45, 2.75) is 44.1 Å². The predicted octanol–water partition coefficient (Wildman–Crippen LogP) is 4.57. The lowest BCUT2D eigenvalue weighted by atomic mass is 9.85. The fraction of sp³-hybridized carbons (Fsp3) is 0.448. The Morgan fingerprint density at radius 3 is 2.56 bits per heavy atom. The standard InChI is InChI=1S/C29H33F3N10O/c1-18-27(13-23(16-35-18)37-28(43)25-10-20(3-4-34-25)29(30,31)32)42-17-26(38-39-42)19-9-22(15-33-14-19)36-21-11-24(12-21)41-7-5-40(2)6-8-41/h3-4,9-10,13-16,21,24,26,36H,5-8,11-12,17H2,1-2H3,(H,37,43). The molecular formula is C29H33F3N10O. The third-order valence-corrected chi connectivity index (χ3v) is 8.24. The number of alkyl halides is 3. The Bertz CT molecular complexity index is 1500. The number of rotatable bonds is 7. The van der Waals surface area contributed by atoms with Crippen LogP contribution < -0.4 is 15.6 Å². The minimum absolute atomic E-state index is 0.249. The Labute approximate surface area is 247 Å². The van der Waals surface area contributed by atoms with Crippen LogP contribution in [0.5, 0.6) is 0 Å². The molecular weight excluding hydrogens is 561 g/mol. The van der Waals surface area contributed by atoms with Gasteiger partial charge in [0.1, 0.15) is 11.7 Å². The van der Waals surface area contributed by atoms with Crippen molar-refractivity contribution in [3.05, 3.63) is 71.6 Å². The van der Waals surface area contributed by atoms with Crippen LogP contribution in [0.4, 0.5) is 30.2 Å². The first-order chi connectivity index (χ1) is 20.6. The van der Waals surface area contributed by atoms with Gasteiger partial charge in [0.25, 0.3) is 5.91 Å². The highest BCUT2D eigenvalue weighted by Crippen LogP contribution is 2.34. The molecule has 3 aliphatic rings. The number of piperazine rings is 1. The smallest absolute Gasteiger partial charge is 0.381 e. The number of nitrogens with zero attached hydrogens (tertiary/aromatic N) is 8. The molecule has 0 aromatic carbocycles. The van der Waals surface area contributed by atoms with Gasteiger partial charge in [-0.3, -0.25) is 24.6 Å². The van der Waals surface area contributed by atoms with Gasteiger partial charge in [-0.1, -0.05) is 5.22 Å². The zero-order valence-electron chi connectivity index (χ0n) is 23.9. The second-order valence-corrected chi connectivity index (χ2v) is 11.3. The summed E-state index contributed by atoms with van der Waals surface area (Å²) in [7, 11) is 2.17. The zero-order chi connectivity index (χ0) is 30.1. The minimum Gasteiger partial charge on any atom is -0.381 e. The number of pyridine rings is 3. The Balaban J connectivity index is 1.06. The number of carbonyl (C=O) groups excluding carboxylic acids is 1. The molecule has 226 valence electrons. The summed E-state index contributed by atoms with van der Waals surface area (Å²) in [4.78, 5) is 30.2. The van der Waals surface area contributed by atoms with Gasteiger partial charge in [0.2, 0.25) is 0 Å². The van der Waals surface area contributed by atoms with Crippen LogP contribution >= 0.6 is 0 Å². The van der Waals surface area contributed by atoms with E-state index < -0.39 is 17.6 Å². The van der Waals surface area contributed by atoms with Gasteiger partial charge in [-0.15, -0.1) is 0 Å². The van der Waals surface area contributed by atoms with E-state index in [2.05, 4.69) is 58.8 Å². The lowest BCUT2D eigenvalue weighted by Gasteiger charge is -2.46. The first-order valence-electron chi connectivity index (χ1n) is 14.3. The van der Waals surface area contributed by atoms with Crippen LogP contribution in [0.3, 0.4) is 0 Å². The molecule has 6 rings (SSSR count). The quantitative estimate of drug-likeness (QED) is 0.409. The van der Waals surface area contributed by atoms with E-state index in [1.165, 1.54) is 6.20 Å². The van der Waals surface area contributed by atoms with Crippen molar-refractivity contribution in [1.82, 2.24) is 24.8 Å². The van der Waals surface area contributed by atoms with Crippen LogP contribution in [-0.2, 0) is 6.18 Å². The molecule has 11 nitrogen and oxygen atoms in total. The molecule has 1 unspecified atom stereocenters. The number of likely N-dealkylation sites (N-methyl/N-ethyl adjacent to an activating group) is 1. The van der Waals surface area contributed by atoms with Crippen molar-refractivity contribution in [1.29, 1.82) is 0 Å². The average Bonchev–Trinajstić information content (AvgIpc) is 3.46. The number of amides is 1. The molecule has 14 heteroatoms. The van der Waals surface area contributed by atoms with Gasteiger partial charge in [0.05, 0.1) is 41.1 Å². The summed E-state index contributed by atoms with van der Waals surface area (Å²) in [6.45, 7) is 6.75. The van der Waals surface area contributed by atoms with E-state index in [4.69, 9.17) is 0 Å². The molecule has 2 aliphatic heterocycles. The molecule has 1 atom stereocenters. The molecule has 1 aliphatic carbocycles. The average molecular weight is 595 g/mol. The second kappa shape index (κ2) is 11.8. The van der Waals surface area contributed by atoms with Gasteiger partial charge < -0.3 is 15.5 Å². The zero-order valence-corrected chi connectivity index (χ0v) is 23.9. The number of hydrogen-bond donors (Lipinski definition) is 2. The van der Waals surface area contributed by atoms with E-state index in [0.717, 1.165) is 62.5 Å². The van der Waals surface area contributed by atoms with Gasteiger partial charge in [0.15, 0.2) is 0 Å². The molecule has 2 N–H and O–H groups in total. The molecule has 43 heavy (non-hydrogen) atoms. The number of anilines is 3. The van der Waals surface area contributed by atoms with Crippen molar-refractivity contribution in [2.75, 3.05) is 55.4 Å². The second-order valence-electron chi connectivity index (χ2n) is 11.3. The van der Waals surface area contributed by atoms with Crippen LogP contribution in [0.25, 0.3) is 0 Å². The van der Waals surface area contributed by atoms with Crippen molar-refractivity contribution >= 4 is 23.0 Å². The number of hydrogen-bond acceptors (Lipinski definition) is 10. The van der Waals surface area contributed by atoms with E-state index >= 15 is 0 Å². The Morgan fingerprint density at radius 2 is 1.79 bits per heavy atom. The summed E-state index contributed by atoms with van der Waals surface area (Å²) in [5, 5.41) is 16.7. The third-order valence-electron chi connectivity index (χ3n) is 8.24. The van der Waals surface area contributed by atoms with E-state index in [1.54, 1.807) is 24.2 Å². The summed E-state index contributed by atoms with van der Waals surface area (Å²) in [5.41, 5.74) is 2.16. The Hall–Kier alpha value is -4.17. The van der Waals surface area contributed by atoms with Gasteiger partial charge in [-0.2, -0.15) is 18.3 Å². The van der Waals surface area contributed by atoms with E-state index in [0.29, 0.717) is 41.8 Å². The first-order valence-corrected chi connectivity index (χ1v) is 14.3. The van der Waals surface area contributed by atoms with E-state index in [9.17, 15) is 18.0 Å². The number of halogens is 3. The van der Waals surface area contributed by atoms with Crippen molar-refractivity contribution in [3.63, 3.8) is 0 Å². The van der Waals surface area contributed by atoms with Gasteiger partial charge in [0, 0.05) is 62.4 Å². The van der Waals surface area contributed by atoms with Crippen LogP contribution in [-0.4, -0.2) is 82.5 Å². The lowest BCUT2D eigenvalue weighted by Crippen LogP contribution is -2.55. The fourth-order valence-corrected chi connectivity index (χ4v) is 5.60. The summed E-state index contributed by atoms with van der Waals surface area (Å²) >= 11 is 0. The molecule has 0 spiro atoms. The van der Waals surface area contributed by atoms with E-state index in [1.807, 2.05) is 6.20 Å². The maximum absolute atomic E-state index is 13.1. The molecule has 2 fully saturated rings. The van der Waals surface area contributed by atoms with Crippen molar-refractivity contribution < 1.29 is 18.0 Å². The molecule has 1 saturated carbocycles.